The molecule has 25 heavy (non-hydrogen) atoms. The highest BCUT2D eigenvalue weighted by Gasteiger charge is 2.40. The van der Waals surface area contributed by atoms with E-state index in [-0.39, 0.29) is 40.6 Å². The van der Waals surface area contributed by atoms with Crippen molar-refractivity contribution in [2.24, 2.45) is 0 Å². The number of nitrogens with zero attached hydrogens (tertiary/aromatic N) is 1. The van der Waals surface area contributed by atoms with E-state index >= 15 is 0 Å². The molecule has 0 bridgehead atoms. The van der Waals surface area contributed by atoms with E-state index in [1.165, 1.54) is 37.0 Å². The van der Waals surface area contributed by atoms with Gasteiger partial charge in [0.15, 0.2) is 0 Å². The second-order valence-corrected chi connectivity index (χ2v) is 10.00. The average Bonchev–Trinajstić information content (AvgIpc) is 2.76. The minimum atomic E-state index is -0.286. The standard InChI is InChI=1S/C20H35NO3S/c1-5-6-7-8-9-10-11-12-16(22)13-14-21-18(23)15-17(19(21)24)25-20(2,3)4/h17H,5-15H2,1-4H3. The number of hydrogen-bond donors (Lipinski definition) is 0. The van der Waals surface area contributed by atoms with E-state index in [1.54, 1.807) is 11.8 Å². The summed E-state index contributed by atoms with van der Waals surface area (Å²) < 4.78 is -0.0520. The third kappa shape index (κ3) is 8.89. The van der Waals surface area contributed by atoms with Gasteiger partial charge >= 0.3 is 0 Å². The molecule has 2 amide bonds. The molecule has 4 nitrogen and oxygen atoms in total. The van der Waals surface area contributed by atoms with Crippen LogP contribution in [0.1, 0.15) is 91.9 Å². The molecule has 1 atom stereocenters. The first-order valence-electron chi connectivity index (χ1n) is 9.78. The zero-order valence-corrected chi connectivity index (χ0v) is 17.3. The molecular weight excluding hydrogens is 334 g/mol. The summed E-state index contributed by atoms with van der Waals surface area (Å²) in [6, 6.07) is 0. The van der Waals surface area contributed by atoms with Crippen LogP contribution in [0.5, 0.6) is 0 Å². The van der Waals surface area contributed by atoms with Gasteiger partial charge < -0.3 is 0 Å². The summed E-state index contributed by atoms with van der Waals surface area (Å²) in [5.41, 5.74) is 0. The average molecular weight is 370 g/mol. The fourth-order valence-electron chi connectivity index (χ4n) is 3.05. The predicted molar refractivity (Wildman–Crippen MR) is 105 cm³/mol. The lowest BCUT2D eigenvalue weighted by Crippen LogP contribution is -2.34. The third-order valence-electron chi connectivity index (χ3n) is 4.37. The van der Waals surface area contributed by atoms with Crippen LogP contribution in [0.3, 0.4) is 0 Å². The van der Waals surface area contributed by atoms with E-state index in [0.717, 1.165) is 12.8 Å². The van der Waals surface area contributed by atoms with E-state index < -0.39 is 0 Å². The van der Waals surface area contributed by atoms with Crippen molar-refractivity contribution in [3.8, 4) is 0 Å². The van der Waals surface area contributed by atoms with Gasteiger partial charge in [0.25, 0.3) is 0 Å². The van der Waals surface area contributed by atoms with Gasteiger partial charge in [-0.3, -0.25) is 19.3 Å². The van der Waals surface area contributed by atoms with Gasteiger partial charge in [-0.2, -0.15) is 0 Å². The Bertz CT molecular complexity index is 456. The molecule has 5 heteroatoms. The Morgan fingerprint density at radius 1 is 1.04 bits per heavy atom. The first-order valence-corrected chi connectivity index (χ1v) is 10.7. The lowest BCUT2D eigenvalue weighted by Gasteiger charge is -2.21. The van der Waals surface area contributed by atoms with E-state index in [2.05, 4.69) is 6.92 Å². The second-order valence-electron chi connectivity index (χ2n) is 7.97. The topological polar surface area (TPSA) is 54.5 Å². The number of likely N-dealkylation sites (tertiary alicyclic amines) is 1. The normalized spacial score (nSPS) is 18.2. The number of carbonyl (C=O) groups is 3. The Hall–Kier alpha value is -0.840. The zero-order valence-electron chi connectivity index (χ0n) is 16.4. The van der Waals surface area contributed by atoms with Crippen molar-refractivity contribution < 1.29 is 14.4 Å². The molecular formula is C20H35NO3S. The van der Waals surface area contributed by atoms with Gasteiger partial charge in [0.1, 0.15) is 5.78 Å². The van der Waals surface area contributed by atoms with Gasteiger partial charge in [0.05, 0.1) is 5.25 Å². The van der Waals surface area contributed by atoms with E-state index in [4.69, 9.17) is 0 Å². The van der Waals surface area contributed by atoms with Crippen LogP contribution in [0.15, 0.2) is 0 Å². The van der Waals surface area contributed by atoms with Crippen molar-refractivity contribution in [1.29, 1.82) is 0 Å². The highest BCUT2D eigenvalue weighted by molar-refractivity contribution is 8.01. The van der Waals surface area contributed by atoms with Crippen molar-refractivity contribution in [2.75, 3.05) is 6.54 Å². The van der Waals surface area contributed by atoms with Crippen LogP contribution in [0, 0.1) is 0 Å². The largest absolute Gasteiger partial charge is 0.300 e. The lowest BCUT2D eigenvalue weighted by atomic mass is 10.1. The second kappa shape index (κ2) is 11.0. The molecule has 0 aromatic rings. The number of amides is 2. The summed E-state index contributed by atoms with van der Waals surface area (Å²) in [5, 5.41) is -0.286. The van der Waals surface area contributed by atoms with E-state index in [9.17, 15) is 14.4 Å². The van der Waals surface area contributed by atoms with Gasteiger partial charge in [-0.25, -0.2) is 0 Å². The van der Waals surface area contributed by atoms with Crippen LogP contribution in [0.25, 0.3) is 0 Å². The summed E-state index contributed by atoms with van der Waals surface area (Å²) in [7, 11) is 0. The van der Waals surface area contributed by atoms with Gasteiger partial charge in [-0.1, -0.05) is 66.2 Å². The Balaban J connectivity index is 2.22. The van der Waals surface area contributed by atoms with Crippen molar-refractivity contribution in [2.45, 2.75) is 102 Å². The maximum atomic E-state index is 12.4. The molecule has 0 aromatic carbocycles. The van der Waals surface area contributed by atoms with Crippen molar-refractivity contribution in [3.63, 3.8) is 0 Å². The van der Waals surface area contributed by atoms with Crippen LogP contribution in [0.2, 0.25) is 0 Å². The Kier molecular flexibility index (Phi) is 9.77. The first kappa shape index (κ1) is 22.2. The quantitative estimate of drug-likeness (QED) is 0.368. The summed E-state index contributed by atoms with van der Waals surface area (Å²) in [6.45, 7) is 8.60. The number of rotatable bonds is 12. The molecule has 0 radical (unpaired) electrons. The fourth-order valence-corrected chi connectivity index (χ4v) is 4.35. The number of carbonyl (C=O) groups excluding carboxylic acids is 3. The summed E-state index contributed by atoms with van der Waals surface area (Å²) in [6.07, 6.45) is 9.46. The highest BCUT2D eigenvalue weighted by Crippen LogP contribution is 2.34. The number of unbranched alkanes of at least 4 members (excludes halogenated alkanes) is 6. The molecule has 1 rings (SSSR count). The monoisotopic (exact) mass is 369 g/mol. The molecule has 0 aliphatic carbocycles. The van der Waals surface area contributed by atoms with Gasteiger partial charge in [-0.05, 0) is 6.42 Å². The minimum Gasteiger partial charge on any atom is -0.300 e. The summed E-state index contributed by atoms with van der Waals surface area (Å²) in [4.78, 5) is 37.7. The molecule has 1 saturated heterocycles. The van der Waals surface area contributed by atoms with Crippen LogP contribution in [0.4, 0.5) is 0 Å². The van der Waals surface area contributed by atoms with Gasteiger partial charge in [0.2, 0.25) is 11.8 Å². The molecule has 1 heterocycles. The highest BCUT2D eigenvalue weighted by atomic mass is 32.2. The summed E-state index contributed by atoms with van der Waals surface area (Å²) in [5.74, 6) is -0.0785. The van der Waals surface area contributed by atoms with Gasteiger partial charge in [0, 0.05) is 30.6 Å². The van der Waals surface area contributed by atoms with Crippen LogP contribution in [-0.2, 0) is 14.4 Å². The fraction of sp³-hybridized carbons (Fsp3) is 0.850. The number of imide groups is 1. The molecule has 0 spiro atoms. The molecule has 1 fully saturated rings. The van der Waals surface area contributed by atoms with Crippen LogP contribution in [-0.4, -0.2) is 39.0 Å². The third-order valence-corrected chi connectivity index (χ3v) is 5.73. The zero-order chi connectivity index (χ0) is 18.9. The molecule has 1 unspecified atom stereocenters. The Labute approximate surface area is 157 Å². The predicted octanol–water partition coefficient (Wildman–Crippen LogP) is 4.75. The molecule has 1 aliphatic rings. The Morgan fingerprint density at radius 2 is 1.64 bits per heavy atom. The van der Waals surface area contributed by atoms with E-state index in [0.29, 0.717) is 12.8 Å². The number of ketones is 1. The smallest absolute Gasteiger partial charge is 0.242 e. The maximum Gasteiger partial charge on any atom is 0.242 e. The molecule has 1 aliphatic heterocycles. The molecule has 0 N–H and O–H groups in total. The number of Topliss-reactive ketones (excluding diaryl/α,β-unsaturated/α-hetero) is 1. The van der Waals surface area contributed by atoms with Crippen LogP contribution < -0.4 is 0 Å². The lowest BCUT2D eigenvalue weighted by molar-refractivity contribution is -0.138. The van der Waals surface area contributed by atoms with E-state index in [1.807, 2.05) is 20.8 Å². The maximum absolute atomic E-state index is 12.4. The SMILES string of the molecule is CCCCCCCCCC(=O)CCN1C(=O)CC(SC(C)(C)C)C1=O. The molecule has 0 aromatic heterocycles. The van der Waals surface area contributed by atoms with Crippen molar-refractivity contribution >= 4 is 29.4 Å². The number of hydrogen-bond acceptors (Lipinski definition) is 4. The molecule has 0 saturated carbocycles. The van der Waals surface area contributed by atoms with Crippen molar-refractivity contribution in [1.82, 2.24) is 4.90 Å². The van der Waals surface area contributed by atoms with Crippen LogP contribution >= 0.6 is 11.8 Å². The Morgan fingerprint density at radius 3 is 2.24 bits per heavy atom. The first-order chi connectivity index (χ1) is 11.7. The summed E-state index contributed by atoms with van der Waals surface area (Å²) >= 11 is 1.54. The molecule has 144 valence electrons. The van der Waals surface area contributed by atoms with Gasteiger partial charge in [-0.15, -0.1) is 11.8 Å². The number of thioether (sulfide) groups is 1. The van der Waals surface area contributed by atoms with Crippen molar-refractivity contribution in [3.05, 3.63) is 0 Å². The minimum absolute atomic E-state index is 0.0520.